The fraction of sp³-hybridized carbons (Fsp3) is 0.125. The Labute approximate surface area is 184 Å². The first-order valence-electron chi connectivity index (χ1n) is 9.76. The van der Waals surface area contributed by atoms with Crippen LogP contribution in [0.1, 0.15) is 5.56 Å². The van der Waals surface area contributed by atoms with Crippen LogP contribution in [0.2, 0.25) is 5.02 Å². The second kappa shape index (κ2) is 8.62. The lowest BCUT2D eigenvalue weighted by atomic mass is 10.1. The van der Waals surface area contributed by atoms with Crippen LogP contribution in [-0.4, -0.2) is 29.9 Å². The zero-order chi connectivity index (χ0) is 22.0. The van der Waals surface area contributed by atoms with Crippen LogP contribution in [0, 0.1) is 0 Å². The third kappa shape index (κ3) is 4.44. The average Bonchev–Trinajstić information content (AvgIpc) is 2.77. The van der Waals surface area contributed by atoms with E-state index in [-0.39, 0.29) is 17.9 Å². The Morgan fingerprint density at radius 3 is 2.26 bits per heavy atom. The van der Waals surface area contributed by atoms with Crippen molar-refractivity contribution in [3.63, 3.8) is 0 Å². The Morgan fingerprint density at radius 1 is 0.968 bits per heavy atom. The van der Waals surface area contributed by atoms with Crippen LogP contribution in [0.3, 0.4) is 0 Å². The van der Waals surface area contributed by atoms with E-state index in [1.165, 1.54) is 0 Å². The van der Waals surface area contributed by atoms with Crippen LogP contribution in [0.15, 0.2) is 77.6 Å². The van der Waals surface area contributed by atoms with E-state index in [0.29, 0.717) is 21.5 Å². The molecule has 0 aliphatic heterocycles. The maximum Gasteiger partial charge on any atom is 0.294 e. The SMILES string of the molecule is CN(C)c1ccc(CC(=O)Nn2nc(-c3ccc(Cl)cc3)c3ccccc3c2=O)cc1. The molecule has 0 unspecified atom stereocenters. The van der Waals surface area contributed by atoms with Gasteiger partial charge in [-0.05, 0) is 35.9 Å². The van der Waals surface area contributed by atoms with E-state index in [9.17, 15) is 9.59 Å². The number of halogens is 1. The molecule has 0 aliphatic rings. The van der Waals surface area contributed by atoms with Crippen molar-refractivity contribution in [2.75, 3.05) is 24.4 Å². The van der Waals surface area contributed by atoms with E-state index >= 15 is 0 Å². The molecule has 1 heterocycles. The number of amides is 1. The minimum absolute atomic E-state index is 0.130. The predicted molar refractivity (Wildman–Crippen MR) is 125 cm³/mol. The molecule has 156 valence electrons. The van der Waals surface area contributed by atoms with Crippen molar-refractivity contribution in [2.45, 2.75) is 6.42 Å². The molecule has 0 saturated heterocycles. The molecule has 0 saturated carbocycles. The van der Waals surface area contributed by atoms with Gasteiger partial charge < -0.3 is 4.90 Å². The Kier molecular flexibility index (Phi) is 5.73. The highest BCUT2D eigenvalue weighted by atomic mass is 35.5. The van der Waals surface area contributed by atoms with Crippen molar-refractivity contribution in [3.8, 4) is 11.3 Å². The van der Waals surface area contributed by atoms with Crippen LogP contribution in [-0.2, 0) is 11.2 Å². The Bertz CT molecular complexity index is 1300. The molecule has 6 nitrogen and oxygen atoms in total. The first-order valence-corrected chi connectivity index (χ1v) is 10.1. The molecule has 4 rings (SSSR count). The maximum atomic E-state index is 12.9. The molecule has 1 amide bonds. The van der Waals surface area contributed by atoms with Crippen molar-refractivity contribution >= 4 is 34.0 Å². The number of nitrogens with zero attached hydrogens (tertiary/aromatic N) is 3. The third-order valence-corrected chi connectivity index (χ3v) is 5.22. The quantitative estimate of drug-likeness (QED) is 0.515. The molecule has 1 N–H and O–H groups in total. The van der Waals surface area contributed by atoms with Crippen LogP contribution < -0.4 is 15.9 Å². The number of fused-ring (bicyclic) bond motifs is 1. The molecule has 0 aliphatic carbocycles. The van der Waals surface area contributed by atoms with Gasteiger partial charge >= 0.3 is 0 Å². The first-order chi connectivity index (χ1) is 14.9. The summed E-state index contributed by atoms with van der Waals surface area (Å²) in [7, 11) is 3.91. The monoisotopic (exact) mass is 432 g/mol. The molecule has 7 heteroatoms. The van der Waals surface area contributed by atoms with Crippen LogP contribution in [0.5, 0.6) is 0 Å². The number of hydrogen-bond acceptors (Lipinski definition) is 4. The minimum Gasteiger partial charge on any atom is -0.378 e. The first kappa shape index (κ1) is 20.6. The van der Waals surface area contributed by atoms with Crippen molar-refractivity contribution < 1.29 is 4.79 Å². The van der Waals surface area contributed by atoms with Gasteiger partial charge in [-0.2, -0.15) is 0 Å². The summed E-state index contributed by atoms with van der Waals surface area (Å²) in [6.45, 7) is 0. The lowest BCUT2D eigenvalue weighted by Crippen LogP contribution is -2.36. The predicted octanol–water partition coefficient (Wildman–Crippen LogP) is 4.10. The van der Waals surface area contributed by atoms with Crippen molar-refractivity contribution in [3.05, 3.63) is 93.7 Å². The fourth-order valence-corrected chi connectivity index (χ4v) is 3.47. The normalized spacial score (nSPS) is 10.8. The van der Waals surface area contributed by atoms with Crippen LogP contribution >= 0.6 is 11.6 Å². The second-order valence-corrected chi connectivity index (χ2v) is 7.83. The lowest BCUT2D eigenvalue weighted by Gasteiger charge is -2.13. The summed E-state index contributed by atoms with van der Waals surface area (Å²) >= 11 is 6.01. The average molecular weight is 433 g/mol. The molecule has 0 fully saturated rings. The van der Waals surface area contributed by atoms with Gasteiger partial charge in [0.2, 0.25) is 5.91 Å². The highest BCUT2D eigenvalue weighted by Crippen LogP contribution is 2.25. The third-order valence-electron chi connectivity index (χ3n) is 4.97. The molecule has 1 aromatic heterocycles. The number of carbonyl (C=O) groups is 1. The minimum atomic E-state index is -0.385. The van der Waals surface area contributed by atoms with Crippen molar-refractivity contribution in [1.82, 2.24) is 9.89 Å². The zero-order valence-electron chi connectivity index (χ0n) is 17.2. The number of hydrogen-bond donors (Lipinski definition) is 1. The summed E-state index contributed by atoms with van der Waals surface area (Å²) in [5.41, 5.74) is 5.51. The molecule has 0 spiro atoms. The lowest BCUT2D eigenvalue weighted by molar-refractivity contribution is -0.116. The Balaban J connectivity index is 1.67. The molecule has 3 aromatic carbocycles. The number of nitrogens with one attached hydrogen (secondary N) is 1. The summed E-state index contributed by atoms with van der Waals surface area (Å²) in [5, 5.41) is 6.23. The zero-order valence-corrected chi connectivity index (χ0v) is 17.9. The molecule has 4 aromatic rings. The molecule has 0 radical (unpaired) electrons. The van der Waals surface area contributed by atoms with Gasteiger partial charge in [0.15, 0.2) is 0 Å². The highest BCUT2D eigenvalue weighted by molar-refractivity contribution is 6.30. The van der Waals surface area contributed by atoms with E-state index in [1.807, 2.05) is 67.5 Å². The number of carbonyl (C=O) groups excluding carboxylic acids is 1. The van der Waals surface area contributed by atoms with Gasteiger partial charge in [-0.1, -0.05) is 54.1 Å². The van der Waals surface area contributed by atoms with Gasteiger partial charge in [-0.25, -0.2) is 5.43 Å². The van der Waals surface area contributed by atoms with Gasteiger partial charge in [-0.15, -0.1) is 9.89 Å². The molecule has 0 bridgehead atoms. The number of rotatable bonds is 5. The number of benzene rings is 3. The standard InChI is InChI=1S/C24H21ClN4O2/c1-28(2)19-13-7-16(8-14-19)15-22(30)26-29-24(31)21-6-4-3-5-20(21)23(27-29)17-9-11-18(25)12-10-17/h3-14H,15H2,1-2H3,(H,26,30). The van der Waals surface area contributed by atoms with Gasteiger partial charge in [0, 0.05) is 35.8 Å². The van der Waals surface area contributed by atoms with Gasteiger partial charge in [0.05, 0.1) is 11.8 Å². The maximum absolute atomic E-state index is 12.9. The summed E-state index contributed by atoms with van der Waals surface area (Å²) in [4.78, 5) is 28.6. The Hall–Kier alpha value is -3.64. The van der Waals surface area contributed by atoms with E-state index in [0.717, 1.165) is 21.6 Å². The molecule has 31 heavy (non-hydrogen) atoms. The number of aromatic nitrogens is 2. The summed E-state index contributed by atoms with van der Waals surface area (Å²) in [5.74, 6) is -0.329. The van der Waals surface area contributed by atoms with E-state index in [1.54, 1.807) is 24.3 Å². The molecular formula is C24H21ClN4O2. The van der Waals surface area contributed by atoms with Crippen molar-refractivity contribution in [1.29, 1.82) is 0 Å². The van der Waals surface area contributed by atoms with Crippen LogP contribution in [0.4, 0.5) is 5.69 Å². The number of anilines is 1. The van der Waals surface area contributed by atoms with Crippen molar-refractivity contribution in [2.24, 2.45) is 0 Å². The topological polar surface area (TPSA) is 67.2 Å². The second-order valence-electron chi connectivity index (χ2n) is 7.39. The summed E-state index contributed by atoms with van der Waals surface area (Å²) in [6.07, 6.45) is 0.130. The van der Waals surface area contributed by atoms with Gasteiger partial charge in [0.25, 0.3) is 5.56 Å². The van der Waals surface area contributed by atoms with E-state index in [2.05, 4.69) is 10.5 Å². The van der Waals surface area contributed by atoms with E-state index in [4.69, 9.17) is 11.6 Å². The molecule has 0 atom stereocenters. The molecular weight excluding hydrogens is 412 g/mol. The fourth-order valence-electron chi connectivity index (χ4n) is 3.34. The summed E-state index contributed by atoms with van der Waals surface area (Å²) < 4.78 is 0. The van der Waals surface area contributed by atoms with Gasteiger partial charge in [-0.3, -0.25) is 9.59 Å². The highest BCUT2D eigenvalue weighted by Gasteiger charge is 2.14. The smallest absolute Gasteiger partial charge is 0.294 e. The summed E-state index contributed by atoms with van der Waals surface area (Å²) in [6, 6.07) is 22.1. The largest absolute Gasteiger partial charge is 0.378 e. The Morgan fingerprint density at radius 2 is 1.61 bits per heavy atom. The van der Waals surface area contributed by atoms with E-state index < -0.39 is 0 Å². The van der Waals surface area contributed by atoms with Gasteiger partial charge in [0.1, 0.15) is 5.69 Å². The van der Waals surface area contributed by atoms with Crippen LogP contribution in [0.25, 0.3) is 22.0 Å².